The van der Waals surface area contributed by atoms with Gasteiger partial charge in [-0.25, -0.2) is 9.59 Å². The van der Waals surface area contributed by atoms with E-state index in [0.717, 1.165) is 31.2 Å². The molecule has 1 aliphatic rings. The van der Waals surface area contributed by atoms with E-state index in [1.165, 1.54) is 0 Å². The van der Waals surface area contributed by atoms with Gasteiger partial charge in [0.25, 0.3) is 0 Å². The molecule has 36 heavy (non-hydrogen) atoms. The third-order valence-corrected chi connectivity index (χ3v) is 5.98. The number of nitrogens with zero attached hydrogens (tertiary/aromatic N) is 2. The Kier molecular flexibility index (Phi) is 9.74. The zero-order valence-electron chi connectivity index (χ0n) is 21.2. The minimum atomic E-state index is -0.505. The molecule has 2 amide bonds. The number of carbonyl (C=O) groups excluding carboxylic acids is 2. The lowest BCUT2D eigenvalue weighted by Gasteiger charge is -2.20. The molecular formula is C29H34N4O3. The fourth-order valence-electron chi connectivity index (χ4n) is 4.13. The summed E-state index contributed by atoms with van der Waals surface area (Å²) in [5.41, 5.74) is 3.14. The van der Waals surface area contributed by atoms with Crippen LogP contribution in [-0.2, 0) is 9.53 Å². The summed E-state index contributed by atoms with van der Waals surface area (Å²) in [6, 6.07) is 18.2. The molecule has 2 aromatic rings. The Bertz CT molecular complexity index is 1160. The van der Waals surface area contributed by atoms with Crippen molar-refractivity contribution in [2.45, 2.75) is 45.6 Å². The van der Waals surface area contributed by atoms with Crippen molar-refractivity contribution in [2.75, 3.05) is 19.0 Å². The van der Waals surface area contributed by atoms with Gasteiger partial charge < -0.3 is 10.1 Å². The maximum Gasteiger partial charge on any atom is 0.340 e. The molecule has 0 bridgehead atoms. The van der Waals surface area contributed by atoms with E-state index in [9.17, 15) is 9.59 Å². The van der Waals surface area contributed by atoms with E-state index in [0.29, 0.717) is 34.0 Å². The Morgan fingerprint density at radius 2 is 1.64 bits per heavy atom. The lowest BCUT2D eigenvalue weighted by atomic mass is 9.90. The molecule has 1 fully saturated rings. The number of para-hydroxylation sites is 1. The number of aliphatic imine (C=N–C) groups is 2. The summed E-state index contributed by atoms with van der Waals surface area (Å²) >= 11 is 0. The number of hydrogen-bond acceptors (Lipinski definition) is 5. The molecule has 0 saturated heterocycles. The Balaban J connectivity index is 2.10. The van der Waals surface area contributed by atoms with Crippen LogP contribution < -0.4 is 10.6 Å². The molecule has 2 N–H and O–H groups in total. The predicted molar refractivity (Wildman–Crippen MR) is 146 cm³/mol. The van der Waals surface area contributed by atoms with Crippen molar-refractivity contribution in [3.63, 3.8) is 0 Å². The molecule has 0 aromatic heterocycles. The number of nitrogens with one attached hydrogen (secondary N) is 2. The maximum absolute atomic E-state index is 13.2. The van der Waals surface area contributed by atoms with Crippen molar-refractivity contribution in [1.29, 1.82) is 0 Å². The normalized spacial score (nSPS) is 15.2. The van der Waals surface area contributed by atoms with Crippen LogP contribution in [0.4, 0.5) is 10.5 Å². The standard InChI is InChI=1S/C29H34N4O3/c1-5-36-28(34)26(21(3)30-4)25(22-14-8-6-9-15-22)20(2)27(31-23-18-12-13-19-23)33-29(35)32-24-16-10-7-11-17-24/h6-11,14-17,23H,2,5,12-13,18-19H2,1,3-4H3,(H2,31,32,33,35)/b26-25-,30-21?. The Labute approximate surface area is 213 Å². The van der Waals surface area contributed by atoms with Gasteiger partial charge in [0.2, 0.25) is 0 Å². The number of benzene rings is 2. The van der Waals surface area contributed by atoms with Crippen LogP contribution in [0.5, 0.6) is 0 Å². The average Bonchev–Trinajstić information content (AvgIpc) is 3.40. The molecule has 7 nitrogen and oxygen atoms in total. The second kappa shape index (κ2) is 13.2. The second-order valence-corrected chi connectivity index (χ2v) is 8.49. The molecule has 0 atom stereocenters. The van der Waals surface area contributed by atoms with Gasteiger partial charge in [0.15, 0.2) is 0 Å². The number of hydrogen-bond donors (Lipinski definition) is 2. The van der Waals surface area contributed by atoms with Crippen molar-refractivity contribution < 1.29 is 14.3 Å². The molecule has 7 heteroatoms. The van der Waals surface area contributed by atoms with E-state index in [2.05, 4.69) is 22.2 Å². The monoisotopic (exact) mass is 486 g/mol. The summed E-state index contributed by atoms with van der Waals surface area (Å²) in [7, 11) is 1.62. The largest absolute Gasteiger partial charge is 0.462 e. The Hall–Kier alpha value is -4.00. The number of rotatable bonds is 8. The molecule has 188 valence electrons. The van der Waals surface area contributed by atoms with Crippen molar-refractivity contribution in [3.05, 3.63) is 84.0 Å². The smallest absolute Gasteiger partial charge is 0.340 e. The molecule has 2 aromatic carbocycles. The highest BCUT2D eigenvalue weighted by Gasteiger charge is 2.26. The van der Waals surface area contributed by atoms with Crippen molar-refractivity contribution in [2.24, 2.45) is 9.98 Å². The van der Waals surface area contributed by atoms with Gasteiger partial charge in [0.05, 0.1) is 18.2 Å². The van der Waals surface area contributed by atoms with Crippen LogP contribution in [0, 0.1) is 0 Å². The van der Waals surface area contributed by atoms with E-state index in [1.54, 1.807) is 33.0 Å². The fraction of sp³-hybridized carbons (Fsp3) is 0.310. The summed E-state index contributed by atoms with van der Waals surface area (Å²) in [5.74, 6) is -0.186. The highest BCUT2D eigenvalue weighted by molar-refractivity contribution is 6.30. The van der Waals surface area contributed by atoms with Gasteiger partial charge in [0.1, 0.15) is 5.84 Å². The number of carbonyl (C=O) groups is 2. The summed E-state index contributed by atoms with van der Waals surface area (Å²) in [6.45, 7) is 8.05. The third-order valence-electron chi connectivity index (χ3n) is 5.98. The SMILES string of the molecule is C=C(C(=NC1CCCC1)NC(=O)Nc1ccccc1)/C(=C(/C(=O)OCC)C(C)=NC)c1ccccc1. The quantitative estimate of drug-likeness (QED) is 0.162. The number of amidine groups is 1. The predicted octanol–water partition coefficient (Wildman–Crippen LogP) is 5.81. The zero-order chi connectivity index (χ0) is 25.9. The highest BCUT2D eigenvalue weighted by Crippen LogP contribution is 2.30. The third kappa shape index (κ3) is 7.01. The van der Waals surface area contributed by atoms with E-state index in [1.807, 2.05) is 48.5 Å². The van der Waals surface area contributed by atoms with Crippen LogP contribution in [0.25, 0.3) is 5.57 Å². The average molecular weight is 487 g/mol. The summed E-state index contributed by atoms with van der Waals surface area (Å²) in [4.78, 5) is 35.3. The minimum absolute atomic E-state index is 0.0674. The molecule has 0 spiro atoms. The molecule has 1 aliphatic carbocycles. The topological polar surface area (TPSA) is 92.2 Å². The van der Waals surface area contributed by atoms with E-state index in [-0.39, 0.29) is 12.6 Å². The van der Waals surface area contributed by atoms with Gasteiger partial charge in [-0.15, -0.1) is 0 Å². The molecule has 0 radical (unpaired) electrons. The lowest BCUT2D eigenvalue weighted by Crippen LogP contribution is -2.37. The summed E-state index contributed by atoms with van der Waals surface area (Å²) in [6.07, 6.45) is 4.04. The number of anilines is 1. The highest BCUT2D eigenvalue weighted by atomic mass is 16.5. The lowest BCUT2D eigenvalue weighted by molar-refractivity contribution is -0.137. The Morgan fingerprint density at radius 1 is 1.03 bits per heavy atom. The van der Waals surface area contributed by atoms with Gasteiger partial charge in [-0.3, -0.25) is 15.3 Å². The number of esters is 1. The van der Waals surface area contributed by atoms with Gasteiger partial charge >= 0.3 is 12.0 Å². The number of amides is 2. The molecular weight excluding hydrogens is 452 g/mol. The van der Waals surface area contributed by atoms with E-state index < -0.39 is 12.0 Å². The van der Waals surface area contributed by atoms with E-state index >= 15 is 0 Å². The van der Waals surface area contributed by atoms with Gasteiger partial charge in [0, 0.05) is 29.6 Å². The molecule has 1 saturated carbocycles. The van der Waals surface area contributed by atoms with Crippen molar-refractivity contribution in [1.82, 2.24) is 5.32 Å². The first-order chi connectivity index (χ1) is 17.4. The molecule has 0 unspecified atom stereocenters. The fourth-order valence-corrected chi connectivity index (χ4v) is 4.13. The number of urea groups is 1. The van der Waals surface area contributed by atoms with Crippen LogP contribution in [0.3, 0.4) is 0 Å². The summed E-state index contributed by atoms with van der Waals surface area (Å²) in [5, 5.41) is 5.73. The first-order valence-electron chi connectivity index (χ1n) is 12.3. The zero-order valence-corrected chi connectivity index (χ0v) is 21.2. The van der Waals surface area contributed by atoms with Crippen LogP contribution in [-0.4, -0.2) is 43.2 Å². The van der Waals surface area contributed by atoms with Gasteiger partial charge in [-0.1, -0.05) is 68.0 Å². The number of ether oxygens (including phenoxy) is 1. The molecule has 3 rings (SSSR count). The molecule has 0 aliphatic heterocycles. The van der Waals surface area contributed by atoms with Gasteiger partial charge in [-0.2, -0.15) is 0 Å². The first-order valence-corrected chi connectivity index (χ1v) is 12.3. The van der Waals surface area contributed by atoms with Crippen molar-refractivity contribution in [3.8, 4) is 0 Å². The first kappa shape index (κ1) is 26.6. The molecule has 0 heterocycles. The summed E-state index contributed by atoms with van der Waals surface area (Å²) < 4.78 is 5.39. The van der Waals surface area contributed by atoms with Crippen LogP contribution >= 0.6 is 0 Å². The van der Waals surface area contributed by atoms with E-state index in [4.69, 9.17) is 9.73 Å². The second-order valence-electron chi connectivity index (χ2n) is 8.49. The van der Waals surface area contributed by atoms with Crippen LogP contribution in [0.2, 0.25) is 0 Å². The van der Waals surface area contributed by atoms with Gasteiger partial charge in [-0.05, 0) is 44.4 Å². The van der Waals surface area contributed by atoms with Crippen LogP contribution in [0.15, 0.2) is 88.4 Å². The maximum atomic E-state index is 13.2. The van der Waals surface area contributed by atoms with Crippen molar-refractivity contribution >= 4 is 34.8 Å². The minimum Gasteiger partial charge on any atom is -0.462 e. The van der Waals surface area contributed by atoms with Crippen LogP contribution in [0.1, 0.15) is 45.1 Å². The Morgan fingerprint density at radius 3 is 2.22 bits per heavy atom.